The minimum atomic E-state index is 0.177. The monoisotopic (exact) mass is 430 g/mol. The highest BCUT2D eigenvalue weighted by Gasteiger charge is 2.24. The third kappa shape index (κ3) is 5.19. The Morgan fingerprint density at radius 3 is 2.61 bits per heavy atom. The van der Waals surface area contributed by atoms with Gasteiger partial charge in [0.2, 0.25) is 0 Å². The van der Waals surface area contributed by atoms with Crippen molar-refractivity contribution >= 4 is 23.4 Å². The van der Waals surface area contributed by atoms with Gasteiger partial charge in [-0.1, -0.05) is 72.3 Å². The Labute approximate surface area is 189 Å². The van der Waals surface area contributed by atoms with Crippen molar-refractivity contribution in [1.29, 1.82) is 0 Å². The van der Waals surface area contributed by atoms with Crippen LogP contribution in [-0.2, 0) is 6.42 Å². The molecule has 3 nitrogen and oxygen atoms in total. The number of fused-ring (bicyclic) bond motifs is 2. The first-order valence-corrected chi connectivity index (χ1v) is 10.9. The van der Waals surface area contributed by atoms with Crippen molar-refractivity contribution in [2.75, 3.05) is 25.5 Å². The molecular formula is C27H27ClN2O. The smallest absolute Gasteiger partial charge is 0.134 e. The van der Waals surface area contributed by atoms with Crippen LogP contribution in [0.1, 0.15) is 28.2 Å². The third-order valence-electron chi connectivity index (χ3n) is 5.73. The summed E-state index contributed by atoms with van der Waals surface area (Å²) in [5, 5.41) is 13.6. The first kappa shape index (κ1) is 21.2. The number of nitrogens with zero attached hydrogens (tertiary/aromatic N) is 1. The van der Waals surface area contributed by atoms with Crippen LogP contribution in [0.4, 0.5) is 5.69 Å². The molecule has 0 saturated heterocycles. The Hall–Kier alpha value is -3.01. The largest absolute Gasteiger partial charge is 0.506 e. The van der Waals surface area contributed by atoms with Gasteiger partial charge in [0, 0.05) is 30.9 Å². The molecular weight excluding hydrogens is 404 g/mol. The van der Waals surface area contributed by atoms with Crippen LogP contribution in [-0.4, -0.2) is 30.1 Å². The van der Waals surface area contributed by atoms with E-state index in [0.29, 0.717) is 5.02 Å². The van der Waals surface area contributed by atoms with E-state index >= 15 is 0 Å². The number of anilines is 1. The molecule has 4 heteroatoms. The quantitative estimate of drug-likeness (QED) is 0.475. The van der Waals surface area contributed by atoms with E-state index < -0.39 is 0 Å². The molecule has 0 spiro atoms. The molecule has 0 saturated carbocycles. The predicted octanol–water partition coefficient (Wildman–Crippen LogP) is 6.30. The summed E-state index contributed by atoms with van der Waals surface area (Å²) in [4.78, 5) is 2.34. The number of benzene rings is 3. The summed E-state index contributed by atoms with van der Waals surface area (Å²) in [6.45, 7) is 1.97. The molecule has 31 heavy (non-hydrogen) atoms. The summed E-state index contributed by atoms with van der Waals surface area (Å²) >= 11 is 6.07. The summed E-state index contributed by atoms with van der Waals surface area (Å²) < 4.78 is 0. The van der Waals surface area contributed by atoms with Gasteiger partial charge in [-0.15, -0.1) is 0 Å². The maximum atomic E-state index is 9.95. The van der Waals surface area contributed by atoms with E-state index in [1.165, 1.54) is 22.3 Å². The van der Waals surface area contributed by atoms with Crippen molar-refractivity contribution in [3.8, 4) is 5.75 Å². The molecule has 2 aliphatic heterocycles. The van der Waals surface area contributed by atoms with E-state index in [4.69, 9.17) is 11.6 Å². The topological polar surface area (TPSA) is 35.5 Å². The number of halogens is 1. The molecule has 2 heterocycles. The Balaban J connectivity index is 0.000000177. The zero-order valence-corrected chi connectivity index (χ0v) is 18.4. The maximum Gasteiger partial charge on any atom is 0.134 e. The maximum absolute atomic E-state index is 9.95. The standard InChI is InChI=1S/C17H18ClNO.C10H9N/c1-19-8-7-13-9-16(18)17(20)10-14(13)15(11-19)12-5-3-2-4-6-12;1-2-7-10-9(5-1)6-3-4-8-11-10/h2-6,9-10,15,20H,7-8,11H2,1H3;1-8,11H/t15-;/m1./s1. The lowest BCUT2D eigenvalue weighted by molar-refractivity contribution is 0.338. The van der Waals surface area contributed by atoms with Crippen LogP contribution in [0.2, 0.25) is 5.02 Å². The Bertz CT molecular complexity index is 1090. The number of phenolic OH excluding ortho intramolecular Hbond substituents is 1. The molecule has 0 aromatic heterocycles. The van der Waals surface area contributed by atoms with Crippen molar-refractivity contribution in [1.82, 2.24) is 4.90 Å². The van der Waals surface area contributed by atoms with Crippen molar-refractivity contribution in [2.45, 2.75) is 12.3 Å². The van der Waals surface area contributed by atoms with Gasteiger partial charge < -0.3 is 15.3 Å². The van der Waals surface area contributed by atoms with Gasteiger partial charge in [0.1, 0.15) is 5.75 Å². The Morgan fingerprint density at radius 1 is 1.00 bits per heavy atom. The zero-order chi connectivity index (χ0) is 21.6. The summed E-state index contributed by atoms with van der Waals surface area (Å²) in [6, 6.07) is 22.4. The van der Waals surface area contributed by atoms with Crippen LogP contribution in [0.3, 0.4) is 0 Å². The summed E-state index contributed by atoms with van der Waals surface area (Å²) in [6.07, 6.45) is 9.00. The number of hydrogen-bond donors (Lipinski definition) is 2. The average molecular weight is 431 g/mol. The van der Waals surface area contributed by atoms with E-state index in [1.54, 1.807) is 0 Å². The molecule has 2 N–H and O–H groups in total. The molecule has 0 aliphatic carbocycles. The fourth-order valence-corrected chi connectivity index (χ4v) is 4.26. The highest BCUT2D eigenvalue weighted by molar-refractivity contribution is 6.32. The second-order valence-corrected chi connectivity index (χ2v) is 8.33. The number of rotatable bonds is 1. The van der Waals surface area contributed by atoms with E-state index in [2.05, 4.69) is 59.7 Å². The first-order chi connectivity index (χ1) is 15.1. The van der Waals surface area contributed by atoms with Crippen LogP contribution < -0.4 is 5.32 Å². The Kier molecular flexibility index (Phi) is 6.76. The van der Waals surface area contributed by atoms with Gasteiger partial charge >= 0.3 is 0 Å². The molecule has 3 aromatic rings. The van der Waals surface area contributed by atoms with Crippen LogP contribution in [0, 0.1) is 0 Å². The predicted molar refractivity (Wildman–Crippen MR) is 131 cm³/mol. The molecule has 3 aromatic carbocycles. The van der Waals surface area contributed by atoms with Crippen molar-refractivity contribution < 1.29 is 5.11 Å². The average Bonchev–Trinajstić information content (AvgIpc) is 3.12. The number of para-hydroxylation sites is 1. The molecule has 0 bridgehead atoms. The SMILES string of the molecule is C1=CNc2ccccc2C=C1.CN1CCc2cc(Cl)c(O)cc2[C@@H](c2ccccc2)C1. The van der Waals surface area contributed by atoms with E-state index in [1.807, 2.05) is 48.7 Å². The van der Waals surface area contributed by atoms with E-state index in [9.17, 15) is 5.11 Å². The summed E-state index contributed by atoms with van der Waals surface area (Å²) in [5.41, 5.74) is 6.12. The second-order valence-electron chi connectivity index (χ2n) is 7.93. The number of likely N-dealkylation sites (N-methyl/N-ethyl adjacent to an activating group) is 1. The highest BCUT2D eigenvalue weighted by Crippen LogP contribution is 2.36. The molecule has 0 fully saturated rings. The van der Waals surface area contributed by atoms with Crippen LogP contribution in [0.5, 0.6) is 5.75 Å². The molecule has 158 valence electrons. The normalized spacial score (nSPS) is 17.3. The summed E-state index contributed by atoms with van der Waals surface area (Å²) in [7, 11) is 2.14. The Morgan fingerprint density at radius 2 is 1.77 bits per heavy atom. The first-order valence-electron chi connectivity index (χ1n) is 10.6. The van der Waals surface area contributed by atoms with Gasteiger partial charge in [0.05, 0.1) is 5.02 Å². The van der Waals surface area contributed by atoms with Crippen molar-refractivity contribution in [3.05, 3.63) is 112 Å². The lowest BCUT2D eigenvalue weighted by Gasteiger charge is -2.22. The van der Waals surface area contributed by atoms with Gasteiger partial charge in [-0.2, -0.15) is 0 Å². The van der Waals surface area contributed by atoms with Gasteiger partial charge in [-0.3, -0.25) is 0 Å². The third-order valence-corrected chi connectivity index (χ3v) is 6.03. The molecule has 2 aliphatic rings. The molecule has 0 amide bonds. The molecule has 0 radical (unpaired) electrons. The fraction of sp³-hybridized carbons (Fsp3) is 0.185. The van der Waals surface area contributed by atoms with Crippen LogP contribution in [0.25, 0.3) is 6.08 Å². The molecule has 0 unspecified atom stereocenters. The van der Waals surface area contributed by atoms with Crippen molar-refractivity contribution in [2.24, 2.45) is 0 Å². The van der Waals surface area contributed by atoms with Crippen LogP contribution in [0.15, 0.2) is 85.1 Å². The van der Waals surface area contributed by atoms with E-state index in [0.717, 1.165) is 25.2 Å². The fourth-order valence-electron chi connectivity index (χ4n) is 4.07. The van der Waals surface area contributed by atoms with Gasteiger partial charge in [-0.25, -0.2) is 0 Å². The number of nitrogens with one attached hydrogen (secondary N) is 1. The summed E-state index contributed by atoms with van der Waals surface area (Å²) in [5.74, 6) is 0.456. The zero-order valence-electron chi connectivity index (χ0n) is 17.6. The lowest BCUT2D eigenvalue weighted by Crippen LogP contribution is -2.24. The van der Waals surface area contributed by atoms with Gasteiger partial charge in [0.15, 0.2) is 0 Å². The van der Waals surface area contributed by atoms with Gasteiger partial charge in [-0.05, 0) is 60.0 Å². The molecule has 5 rings (SSSR count). The number of aromatic hydroxyl groups is 1. The molecule has 1 atom stereocenters. The second kappa shape index (κ2) is 9.86. The minimum absolute atomic E-state index is 0.177. The van der Waals surface area contributed by atoms with Crippen LogP contribution >= 0.6 is 11.6 Å². The highest BCUT2D eigenvalue weighted by atomic mass is 35.5. The number of phenols is 1. The number of allylic oxidation sites excluding steroid dienone is 2. The van der Waals surface area contributed by atoms with Gasteiger partial charge in [0.25, 0.3) is 0 Å². The van der Waals surface area contributed by atoms with Crippen molar-refractivity contribution in [3.63, 3.8) is 0 Å². The van der Waals surface area contributed by atoms with E-state index in [-0.39, 0.29) is 11.7 Å². The lowest BCUT2D eigenvalue weighted by atomic mass is 9.88. The minimum Gasteiger partial charge on any atom is -0.506 e. The number of hydrogen-bond acceptors (Lipinski definition) is 3.